The van der Waals surface area contributed by atoms with Crippen LogP contribution in [-0.2, 0) is 0 Å². The van der Waals surface area contributed by atoms with Crippen LogP contribution in [0.5, 0.6) is 5.75 Å². The highest BCUT2D eigenvalue weighted by Gasteiger charge is 2.12. The normalized spacial score (nSPS) is 11.6. The molecule has 0 fully saturated rings. The summed E-state index contributed by atoms with van der Waals surface area (Å²) in [5.74, 6) is 1.40. The minimum absolute atomic E-state index is 0.127. The van der Waals surface area contributed by atoms with Crippen molar-refractivity contribution in [1.29, 1.82) is 0 Å². The number of hydrogen-bond donors (Lipinski definition) is 3. The Kier molecular flexibility index (Phi) is 7.40. The zero-order valence-corrected chi connectivity index (χ0v) is 17.3. The average molecular weight is 405 g/mol. The Morgan fingerprint density at radius 1 is 1.10 bits per heavy atom. The van der Waals surface area contributed by atoms with Gasteiger partial charge in [0.1, 0.15) is 11.6 Å². The standard InChI is InChI=1S/C24H27N3O3/c1-17(20-5-3-6-22(15-20)30-2)27-24(29)19-9-7-18(8-10-19)21-11-13-26-23(16-21)25-12-4-14-28/h3,5-11,13,15-17,28H,4,12,14H2,1-2H3,(H,25,26)(H,27,29)/t17-/m1/s1. The molecule has 3 rings (SSSR count). The second kappa shape index (κ2) is 10.4. The number of nitrogens with one attached hydrogen (secondary N) is 2. The Hall–Kier alpha value is -3.38. The molecule has 0 bridgehead atoms. The van der Waals surface area contributed by atoms with Gasteiger partial charge in [0.2, 0.25) is 0 Å². The molecule has 0 aliphatic carbocycles. The van der Waals surface area contributed by atoms with Crippen LogP contribution >= 0.6 is 0 Å². The SMILES string of the molecule is COc1cccc([C@@H](C)NC(=O)c2ccc(-c3ccnc(NCCCO)c3)cc2)c1. The monoisotopic (exact) mass is 405 g/mol. The number of carbonyl (C=O) groups is 1. The van der Waals surface area contributed by atoms with E-state index >= 15 is 0 Å². The molecule has 3 aromatic rings. The first kappa shape index (κ1) is 21.3. The number of aliphatic hydroxyl groups is 1. The van der Waals surface area contributed by atoms with Crippen molar-refractivity contribution in [2.75, 3.05) is 25.6 Å². The molecule has 0 saturated carbocycles. The fourth-order valence-electron chi connectivity index (χ4n) is 3.09. The summed E-state index contributed by atoms with van der Waals surface area (Å²) in [6.07, 6.45) is 2.41. The topological polar surface area (TPSA) is 83.5 Å². The molecule has 156 valence electrons. The van der Waals surface area contributed by atoms with Crippen LogP contribution in [0.4, 0.5) is 5.82 Å². The quantitative estimate of drug-likeness (QED) is 0.468. The zero-order chi connectivity index (χ0) is 21.3. The molecule has 6 heteroatoms. The van der Waals surface area contributed by atoms with Gasteiger partial charge in [0.15, 0.2) is 0 Å². The van der Waals surface area contributed by atoms with Gasteiger partial charge in [-0.2, -0.15) is 0 Å². The summed E-state index contributed by atoms with van der Waals surface area (Å²) in [6, 6.07) is 18.9. The van der Waals surface area contributed by atoms with Gasteiger partial charge < -0.3 is 20.5 Å². The lowest BCUT2D eigenvalue weighted by Crippen LogP contribution is -2.26. The highest BCUT2D eigenvalue weighted by Crippen LogP contribution is 2.23. The summed E-state index contributed by atoms with van der Waals surface area (Å²) in [7, 11) is 1.63. The van der Waals surface area contributed by atoms with Gasteiger partial charge in [-0.05, 0) is 66.4 Å². The lowest BCUT2D eigenvalue weighted by Gasteiger charge is -2.15. The van der Waals surface area contributed by atoms with Gasteiger partial charge in [-0.15, -0.1) is 0 Å². The number of hydrogen-bond acceptors (Lipinski definition) is 5. The minimum Gasteiger partial charge on any atom is -0.497 e. The second-order valence-corrected chi connectivity index (χ2v) is 6.98. The maximum Gasteiger partial charge on any atom is 0.251 e. The molecule has 1 heterocycles. The van der Waals surface area contributed by atoms with Gasteiger partial charge in [0, 0.05) is 24.9 Å². The fraction of sp³-hybridized carbons (Fsp3) is 0.250. The van der Waals surface area contributed by atoms with E-state index in [2.05, 4.69) is 15.6 Å². The van der Waals surface area contributed by atoms with E-state index < -0.39 is 0 Å². The third-order valence-electron chi connectivity index (χ3n) is 4.82. The lowest BCUT2D eigenvalue weighted by atomic mass is 10.0. The summed E-state index contributed by atoms with van der Waals surface area (Å²) in [4.78, 5) is 16.9. The van der Waals surface area contributed by atoms with Crippen LogP contribution in [0.3, 0.4) is 0 Å². The van der Waals surface area contributed by atoms with Gasteiger partial charge >= 0.3 is 0 Å². The molecular weight excluding hydrogens is 378 g/mol. The minimum atomic E-state index is -0.139. The molecule has 0 radical (unpaired) electrons. The van der Waals surface area contributed by atoms with Crippen molar-refractivity contribution >= 4 is 11.7 Å². The van der Waals surface area contributed by atoms with Crippen LogP contribution in [0, 0.1) is 0 Å². The van der Waals surface area contributed by atoms with Crippen molar-refractivity contribution in [2.45, 2.75) is 19.4 Å². The van der Waals surface area contributed by atoms with Crippen LogP contribution < -0.4 is 15.4 Å². The number of benzene rings is 2. The van der Waals surface area contributed by atoms with E-state index in [1.165, 1.54) is 0 Å². The van der Waals surface area contributed by atoms with Gasteiger partial charge in [0.25, 0.3) is 5.91 Å². The summed E-state index contributed by atoms with van der Waals surface area (Å²) in [5, 5.41) is 15.1. The van der Waals surface area contributed by atoms with E-state index in [0.29, 0.717) is 18.5 Å². The van der Waals surface area contributed by atoms with Crippen LogP contribution in [0.25, 0.3) is 11.1 Å². The van der Waals surface area contributed by atoms with Gasteiger partial charge in [-0.25, -0.2) is 4.98 Å². The van der Waals surface area contributed by atoms with Gasteiger partial charge in [-0.3, -0.25) is 4.79 Å². The highest BCUT2D eigenvalue weighted by atomic mass is 16.5. The van der Waals surface area contributed by atoms with Crippen molar-refractivity contribution in [3.63, 3.8) is 0 Å². The molecule has 0 aliphatic heterocycles. The molecule has 3 N–H and O–H groups in total. The smallest absolute Gasteiger partial charge is 0.251 e. The average Bonchev–Trinajstić information content (AvgIpc) is 2.79. The number of nitrogens with zero attached hydrogens (tertiary/aromatic N) is 1. The van der Waals surface area contributed by atoms with E-state index in [0.717, 1.165) is 28.3 Å². The Labute approximate surface area is 176 Å². The molecule has 6 nitrogen and oxygen atoms in total. The largest absolute Gasteiger partial charge is 0.497 e. The molecule has 0 aliphatic rings. The molecular formula is C24H27N3O3. The van der Waals surface area contributed by atoms with Crippen molar-refractivity contribution in [3.8, 4) is 16.9 Å². The third-order valence-corrected chi connectivity index (χ3v) is 4.82. The number of ether oxygens (including phenoxy) is 1. The number of anilines is 1. The van der Waals surface area contributed by atoms with E-state index in [-0.39, 0.29) is 18.6 Å². The highest BCUT2D eigenvalue weighted by molar-refractivity contribution is 5.95. The number of pyridine rings is 1. The third kappa shape index (κ3) is 5.58. The number of aromatic nitrogens is 1. The zero-order valence-electron chi connectivity index (χ0n) is 17.3. The number of aliphatic hydroxyl groups excluding tert-OH is 1. The molecule has 0 unspecified atom stereocenters. The van der Waals surface area contributed by atoms with Crippen molar-refractivity contribution in [1.82, 2.24) is 10.3 Å². The van der Waals surface area contributed by atoms with E-state index in [1.807, 2.05) is 67.6 Å². The second-order valence-electron chi connectivity index (χ2n) is 6.98. The van der Waals surface area contributed by atoms with E-state index in [9.17, 15) is 4.79 Å². The van der Waals surface area contributed by atoms with Crippen molar-refractivity contribution < 1.29 is 14.6 Å². The van der Waals surface area contributed by atoms with Crippen LogP contribution in [0.1, 0.15) is 35.3 Å². The van der Waals surface area contributed by atoms with Crippen LogP contribution in [0.15, 0.2) is 66.9 Å². The van der Waals surface area contributed by atoms with E-state index in [4.69, 9.17) is 9.84 Å². The van der Waals surface area contributed by atoms with Crippen LogP contribution in [0.2, 0.25) is 0 Å². The lowest BCUT2D eigenvalue weighted by molar-refractivity contribution is 0.0940. The summed E-state index contributed by atoms with van der Waals surface area (Å²) < 4.78 is 5.25. The Balaban J connectivity index is 1.66. The maximum atomic E-state index is 12.6. The molecule has 30 heavy (non-hydrogen) atoms. The number of methoxy groups -OCH3 is 1. The van der Waals surface area contributed by atoms with Gasteiger partial charge in [-0.1, -0.05) is 24.3 Å². The number of carbonyl (C=O) groups excluding carboxylic acids is 1. The van der Waals surface area contributed by atoms with E-state index in [1.54, 1.807) is 13.3 Å². The number of amides is 1. The predicted molar refractivity (Wildman–Crippen MR) is 119 cm³/mol. The molecule has 0 saturated heterocycles. The Morgan fingerprint density at radius 3 is 2.63 bits per heavy atom. The molecule has 2 aromatic carbocycles. The Bertz CT molecular complexity index is 973. The first-order valence-electron chi connectivity index (χ1n) is 9.96. The predicted octanol–water partition coefficient (Wildman–Crippen LogP) is 4.04. The summed E-state index contributed by atoms with van der Waals surface area (Å²) >= 11 is 0. The summed E-state index contributed by atoms with van der Waals surface area (Å²) in [5.41, 5.74) is 3.59. The molecule has 1 amide bonds. The first-order valence-corrected chi connectivity index (χ1v) is 9.96. The molecule has 1 aromatic heterocycles. The fourth-order valence-corrected chi connectivity index (χ4v) is 3.09. The van der Waals surface area contributed by atoms with Crippen molar-refractivity contribution in [2.24, 2.45) is 0 Å². The Morgan fingerprint density at radius 2 is 1.90 bits per heavy atom. The maximum absolute atomic E-state index is 12.6. The van der Waals surface area contributed by atoms with Crippen molar-refractivity contribution in [3.05, 3.63) is 78.0 Å². The van der Waals surface area contributed by atoms with Gasteiger partial charge in [0.05, 0.1) is 13.2 Å². The molecule has 1 atom stereocenters. The summed E-state index contributed by atoms with van der Waals surface area (Å²) in [6.45, 7) is 2.76. The van der Waals surface area contributed by atoms with Crippen LogP contribution in [-0.4, -0.2) is 36.3 Å². The molecule has 0 spiro atoms. The first-order chi connectivity index (χ1) is 14.6. The number of rotatable bonds is 9.